The summed E-state index contributed by atoms with van der Waals surface area (Å²) < 4.78 is 0. The van der Waals surface area contributed by atoms with E-state index in [1.807, 2.05) is 6.92 Å². The van der Waals surface area contributed by atoms with Gasteiger partial charge in [0.25, 0.3) is 0 Å². The number of nitrogens with one attached hydrogen (secondary N) is 2. The Hall–Kier alpha value is -1.74. The Bertz CT molecular complexity index is 442. The molecule has 1 aromatic rings. The molecule has 0 unspecified atom stereocenters. The van der Waals surface area contributed by atoms with Gasteiger partial charge in [-0.05, 0) is 43.2 Å². The van der Waals surface area contributed by atoms with Crippen molar-refractivity contribution in [3.05, 3.63) is 58.9 Å². The zero-order chi connectivity index (χ0) is 14.3. The fourth-order valence-corrected chi connectivity index (χ4v) is 1.59. The van der Waals surface area contributed by atoms with Crippen LogP contribution in [0.25, 0.3) is 0 Å². The lowest BCUT2D eigenvalue weighted by Crippen LogP contribution is -2.32. The Labute approximate surface area is 116 Å². The van der Waals surface area contributed by atoms with Gasteiger partial charge < -0.3 is 11.2 Å². The standard InChI is InChI=1S/C16H25N3/c1-12(2)16(9-14(4)10-17)19-18-11-15-7-5-13(3)6-8-15/h5-10,12,18-19H,11,17H2,1-4H3/b14-10-,16-9-. The summed E-state index contributed by atoms with van der Waals surface area (Å²) in [6.45, 7) is 9.17. The molecule has 0 radical (unpaired) electrons. The van der Waals surface area contributed by atoms with Crippen LogP contribution in [0.1, 0.15) is 31.9 Å². The third-order valence-electron chi connectivity index (χ3n) is 2.91. The molecule has 19 heavy (non-hydrogen) atoms. The predicted octanol–water partition coefficient (Wildman–Crippen LogP) is 2.99. The van der Waals surface area contributed by atoms with E-state index in [1.54, 1.807) is 6.20 Å². The number of hydrogen-bond acceptors (Lipinski definition) is 3. The summed E-state index contributed by atoms with van der Waals surface area (Å²) in [5.41, 5.74) is 16.7. The molecule has 104 valence electrons. The molecule has 0 aliphatic heterocycles. The van der Waals surface area contributed by atoms with Gasteiger partial charge in [-0.1, -0.05) is 43.7 Å². The third kappa shape index (κ3) is 5.62. The van der Waals surface area contributed by atoms with Gasteiger partial charge in [-0.15, -0.1) is 0 Å². The molecule has 0 amide bonds. The van der Waals surface area contributed by atoms with Crippen LogP contribution in [-0.2, 0) is 6.54 Å². The van der Waals surface area contributed by atoms with Gasteiger partial charge in [0.1, 0.15) is 0 Å². The van der Waals surface area contributed by atoms with E-state index >= 15 is 0 Å². The highest BCUT2D eigenvalue weighted by Gasteiger charge is 2.02. The molecule has 0 heterocycles. The van der Waals surface area contributed by atoms with Gasteiger partial charge in [-0.2, -0.15) is 0 Å². The van der Waals surface area contributed by atoms with Crippen LogP contribution in [0.4, 0.5) is 0 Å². The van der Waals surface area contributed by atoms with Crippen LogP contribution in [-0.4, -0.2) is 0 Å². The number of hydrogen-bond donors (Lipinski definition) is 3. The predicted molar refractivity (Wildman–Crippen MR) is 82.0 cm³/mol. The van der Waals surface area contributed by atoms with Crippen LogP contribution in [0.3, 0.4) is 0 Å². The molecule has 0 spiro atoms. The first-order valence-corrected chi connectivity index (χ1v) is 6.67. The lowest BCUT2D eigenvalue weighted by atomic mass is 10.1. The van der Waals surface area contributed by atoms with Crippen molar-refractivity contribution in [2.24, 2.45) is 11.7 Å². The highest BCUT2D eigenvalue weighted by molar-refractivity contribution is 5.22. The van der Waals surface area contributed by atoms with E-state index in [-0.39, 0.29) is 0 Å². The number of rotatable bonds is 6. The molecule has 1 aromatic carbocycles. The minimum absolute atomic E-state index is 0.417. The molecule has 0 saturated heterocycles. The van der Waals surface area contributed by atoms with Crippen molar-refractivity contribution in [3.8, 4) is 0 Å². The fourth-order valence-electron chi connectivity index (χ4n) is 1.59. The second-order valence-corrected chi connectivity index (χ2v) is 5.13. The molecule has 1 rings (SSSR count). The quantitative estimate of drug-likeness (QED) is 0.544. The maximum atomic E-state index is 5.50. The van der Waals surface area contributed by atoms with E-state index < -0.39 is 0 Å². The molecule has 0 aromatic heterocycles. The van der Waals surface area contributed by atoms with Crippen LogP contribution in [0, 0.1) is 12.8 Å². The Kier molecular flexibility index (Phi) is 6.16. The normalized spacial score (nSPS) is 12.9. The second-order valence-electron chi connectivity index (χ2n) is 5.13. The lowest BCUT2D eigenvalue weighted by Gasteiger charge is -2.16. The summed E-state index contributed by atoms with van der Waals surface area (Å²) in [5, 5.41) is 0. The van der Waals surface area contributed by atoms with Crippen molar-refractivity contribution in [3.63, 3.8) is 0 Å². The van der Waals surface area contributed by atoms with E-state index in [0.717, 1.165) is 17.8 Å². The van der Waals surface area contributed by atoms with Crippen molar-refractivity contribution in [2.75, 3.05) is 0 Å². The zero-order valence-corrected chi connectivity index (χ0v) is 12.3. The molecule has 0 saturated carbocycles. The number of nitrogens with two attached hydrogens (primary N) is 1. The van der Waals surface area contributed by atoms with Gasteiger partial charge in [0.15, 0.2) is 0 Å². The summed E-state index contributed by atoms with van der Waals surface area (Å²) in [5.74, 6) is 0.417. The zero-order valence-electron chi connectivity index (χ0n) is 12.3. The van der Waals surface area contributed by atoms with Crippen LogP contribution in [0.15, 0.2) is 47.8 Å². The van der Waals surface area contributed by atoms with E-state index in [2.05, 4.69) is 62.0 Å². The summed E-state index contributed by atoms with van der Waals surface area (Å²) in [4.78, 5) is 0. The van der Waals surface area contributed by atoms with Gasteiger partial charge in [-0.25, -0.2) is 5.43 Å². The molecule has 0 aliphatic carbocycles. The Morgan fingerprint density at radius 1 is 1.26 bits per heavy atom. The minimum Gasteiger partial charge on any atom is -0.404 e. The summed E-state index contributed by atoms with van der Waals surface area (Å²) in [6.07, 6.45) is 3.68. The maximum Gasteiger partial charge on any atom is 0.0398 e. The molecular formula is C16H25N3. The van der Waals surface area contributed by atoms with Crippen molar-refractivity contribution >= 4 is 0 Å². The van der Waals surface area contributed by atoms with Gasteiger partial charge in [-0.3, -0.25) is 0 Å². The van der Waals surface area contributed by atoms with Crippen LogP contribution in [0.5, 0.6) is 0 Å². The van der Waals surface area contributed by atoms with Crippen LogP contribution < -0.4 is 16.6 Å². The number of aryl methyl sites for hydroxylation is 1. The average Bonchev–Trinajstić information content (AvgIpc) is 2.39. The topological polar surface area (TPSA) is 50.1 Å². The molecule has 4 N–H and O–H groups in total. The molecule has 3 nitrogen and oxygen atoms in total. The molecule has 0 aliphatic rings. The van der Waals surface area contributed by atoms with Gasteiger partial charge in [0, 0.05) is 12.2 Å². The summed E-state index contributed by atoms with van der Waals surface area (Å²) >= 11 is 0. The SMILES string of the molecule is CC(=C/N)/C=C(\NNCc1ccc(C)cc1)C(C)C. The van der Waals surface area contributed by atoms with Crippen LogP contribution in [0.2, 0.25) is 0 Å². The average molecular weight is 259 g/mol. The molecule has 0 atom stereocenters. The molecular weight excluding hydrogens is 234 g/mol. The first-order chi connectivity index (χ1) is 9.02. The Morgan fingerprint density at radius 2 is 1.89 bits per heavy atom. The first kappa shape index (κ1) is 15.3. The molecule has 3 heteroatoms. The second kappa shape index (κ2) is 7.64. The lowest BCUT2D eigenvalue weighted by molar-refractivity contribution is 0.542. The maximum absolute atomic E-state index is 5.50. The Morgan fingerprint density at radius 3 is 2.42 bits per heavy atom. The largest absolute Gasteiger partial charge is 0.404 e. The highest BCUT2D eigenvalue weighted by Crippen LogP contribution is 2.08. The van der Waals surface area contributed by atoms with Crippen molar-refractivity contribution in [1.29, 1.82) is 0 Å². The molecule has 0 fully saturated rings. The van der Waals surface area contributed by atoms with E-state index in [9.17, 15) is 0 Å². The van der Waals surface area contributed by atoms with Crippen molar-refractivity contribution in [1.82, 2.24) is 10.9 Å². The first-order valence-electron chi connectivity index (χ1n) is 6.67. The smallest absolute Gasteiger partial charge is 0.0398 e. The third-order valence-corrected chi connectivity index (χ3v) is 2.91. The van der Waals surface area contributed by atoms with E-state index in [0.29, 0.717) is 5.92 Å². The highest BCUT2D eigenvalue weighted by atomic mass is 15.4. The monoisotopic (exact) mass is 259 g/mol. The fraction of sp³-hybridized carbons (Fsp3) is 0.375. The van der Waals surface area contributed by atoms with Gasteiger partial charge in [0.2, 0.25) is 0 Å². The Balaban J connectivity index is 2.54. The van der Waals surface area contributed by atoms with Crippen molar-refractivity contribution in [2.45, 2.75) is 34.2 Å². The molecule has 0 bridgehead atoms. The van der Waals surface area contributed by atoms with Crippen LogP contribution >= 0.6 is 0 Å². The summed E-state index contributed by atoms with van der Waals surface area (Å²) in [6, 6.07) is 8.51. The number of benzene rings is 1. The number of hydrazine groups is 1. The van der Waals surface area contributed by atoms with E-state index in [1.165, 1.54) is 11.1 Å². The minimum atomic E-state index is 0.417. The van der Waals surface area contributed by atoms with Gasteiger partial charge in [0.05, 0.1) is 0 Å². The van der Waals surface area contributed by atoms with E-state index in [4.69, 9.17) is 5.73 Å². The van der Waals surface area contributed by atoms with Gasteiger partial charge >= 0.3 is 0 Å². The van der Waals surface area contributed by atoms with Crippen molar-refractivity contribution < 1.29 is 0 Å². The number of allylic oxidation sites excluding steroid dienone is 3. The summed E-state index contributed by atoms with van der Waals surface area (Å²) in [7, 11) is 0.